The second kappa shape index (κ2) is 5.87. The van der Waals surface area contributed by atoms with Gasteiger partial charge in [-0.1, -0.05) is 24.3 Å². The van der Waals surface area contributed by atoms with Crippen molar-refractivity contribution in [1.29, 1.82) is 0 Å². The van der Waals surface area contributed by atoms with E-state index in [1.54, 1.807) is 0 Å². The van der Waals surface area contributed by atoms with Crippen LogP contribution in [0, 0.1) is 0 Å². The highest BCUT2D eigenvalue weighted by molar-refractivity contribution is 5.81. The van der Waals surface area contributed by atoms with Gasteiger partial charge in [0.05, 0.1) is 24.6 Å². The molecule has 2 aromatic carbocycles. The number of benzene rings is 2. The Kier molecular flexibility index (Phi) is 3.47. The lowest BCUT2D eigenvalue weighted by Crippen LogP contribution is -2.46. The Labute approximate surface area is 159 Å². The van der Waals surface area contributed by atoms with E-state index in [2.05, 4.69) is 100 Å². The Morgan fingerprint density at radius 3 is 2.04 bits per heavy atom. The fourth-order valence-electron chi connectivity index (χ4n) is 4.15. The molecule has 1 unspecified atom stereocenters. The van der Waals surface area contributed by atoms with Crippen molar-refractivity contribution in [3.05, 3.63) is 60.8 Å². The minimum atomic E-state index is 0.137. The number of nitrogens with zero attached hydrogens (tertiary/aromatic N) is 4. The van der Waals surface area contributed by atoms with Gasteiger partial charge in [0.1, 0.15) is 23.7 Å². The van der Waals surface area contributed by atoms with Crippen LogP contribution in [0.1, 0.15) is 13.8 Å². The van der Waals surface area contributed by atoms with Gasteiger partial charge in [-0.3, -0.25) is 4.90 Å². The summed E-state index contributed by atoms with van der Waals surface area (Å²) in [4.78, 5) is 9.29. The van der Waals surface area contributed by atoms with E-state index >= 15 is 0 Å². The second-order valence-electron chi connectivity index (χ2n) is 7.08. The average molecular weight is 359 g/mol. The Bertz CT molecular complexity index is 939. The van der Waals surface area contributed by atoms with Crippen molar-refractivity contribution in [3.8, 4) is 0 Å². The quantitative estimate of drug-likeness (QED) is 0.683. The Morgan fingerprint density at radius 1 is 0.815 bits per heavy atom. The van der Waals surface area contributed by atoms with Crippen LogP contribution in [0.3, 0.4) is 0 Å². The molecule has 2 aliphatic rings. The zero-order chi connectivity index (χ0) is 18.5. The summed E-state index contributed by atoms with van der Waals surface area (Å²) in [5.41, 5.74) is 4.63. The summed E-state index contributed by atoms with van der Waals surface area (Å²) in [7, 11) is 2.08. The summed E-state index contributed by atoms with van der Waals surface area (Å²) in [6.45, 7) is 4.33. The smallest absolute Gasteiger partial charge is 0.354 e. The maximum atomic E-state index is 4.72. The molecule has 2 atom stereocenters. The summed E-state index contributed by atoms with van der Waals surface area (Å²) in [6, 6.07) is 18.9. The van der Waals surface area contributed by atoms with Crippen LogP contribution >= 0.6 is 0 Å². The molecule has 3 heterocycles. The lowest BCUT2D eigenvalue weighted by molar-refractivity contribution is -0.648. The van der Waals surface area contributed by atoms with Crippen LogP contribution in [0.25, 0.3) is 0 Å². The van der Waals surface area contributed by atoms with Crippen LogP contribution in [0.15, 0.2) is 60.8 Å². The van der Waals surface area contributed by atoms with Gasteiger partial charge >= 0.3 is 5.95 Å². The van der Waals surface area contributed by atoms with Gasteiger partial charge in [0, 0.05) is 6.07 Å². The van der Waals surface area contributed by atoms with Gasteiger partial charge in [-0.15, -0.1) is 4.98 Å². The molecule has 27 heavy (non-hydrogen) atoms. The summed E-state index contributed by atoms with van der Waals surface area (Å²) in [5, 5.41) is 7.09. The predicted octanol–water partition coefficient (Wildman–Crippen LogP) is 3.73. The molecule has 0 fully saturated rings. The summed E-state index contributed by atoms with van der Waals surface area (Å²) in [6.07, 6.45) is 2.20. The van der Waals surface area contributed by atoms with Crippen LogP contribution in [0.4, 0.5) is 34.5 Å². The van der Waals surface area contributed by atoms with Gasteiger partial charge < -0.3 is 10.6 Å². The largest absolute Gasteiger partial charge is 0.356 e. The van der Waals surface area contributed by atoms with Crippen LogP contribution in [0.2, 0.25) is 0 Å². The van der Waals surface area contributed by atoms with E-state index in [-0.39, 0.29) is 12.3 Å². The number of anilines is 6. The first-order valence-electron chi connectivity index (χ1n) is 9.30. The maximum Gasteiger partial charge on any atom is 0.356 e. The number of fused-ring (bicyclic) bond motifs is 2. The first-order chi connectivity index (χ1) is 13.1. The number of hydrogen-bond donors (Lipinski definition) is 2. The topological polar surface area (TPSA) is 47.3 Å². The number of nitrogens with one attached hydrogen (secondary N) is 2. The Balaban J connectivity index is 1.63. The van der Waals surface area contributed by atoms with E-state index in [4.69, 9.17) is 4.98 Å². The highest BCUT2D eigenvalue weighted by Crippen LogP contribution is 2.40. The van der Waals surface area contributed by atoms with Crippen LogP contribution in [0.5, 0.6) is 0 Å². The molecule has 0 saturated heterocycles. The fraction of sp³-hybridized carbons (Fsp3) is 0.238. The molecule has 5 rings (SSSR count). The van der Waals surface area contributed by atoms with E-state index in [1.807, 2.05) is 6.20 Å². The van der Waals surface area contributed by atoms with Crippen molar-refractivity contribution in [3.63, 3.8) is 0 Å². The summed E-state index contributed by atoms with van der Waals surface area (Å²) < 4.78 is 2.17. The lowest BCUT2D eigenvalue weighted by Gasteiger charge is -2.24. The number of aromatic nitrogens is 2. The standard InChI is InChI=1S/C21H23N6/c1-14-23-16-8-4-6-10-18(16)26(14)20-12-13-22-21(25(20)3)27-15(2)24-17-9-5-7-11-19(17)27/h4-15,23-24H,1-3H3/q+1/t14-,15?/m1/s1. The van der Waals surface area contributed by atoms with Crippen molar-refractivity contribution < 1.29 is 4.57 Å². The van der Waals surface area contributed by atoms with E-state index in [9.17, 15) is 0 Å². The molecular formula is C21H23N6+. The molecule has 6 nitrogen and oxygen atoms in total. The molecule has 0 saturated carbocycles. The third-order valence-electron chi connectivity index (χ3n) is 5.35. The molecular weight excluding hydrogens is 336 g/mol. The van der Waals surface area contributed by atoms with Crippen molar-refractivity contribution in [2.45, 2.75) is 26.2 Å². The van der Waals surface area contributed by atoms with E-state index in [0.29, 0.717) is 0 Å². The number of hydrogen-bond acceptors (Lipinski definition) is 5. The van der Waals surface area contributed by atoms with Gasteiger partial charge in [-0.05, 0) is 38.1 Å². The Hall–Kier alpha value is -3.28. The molecule has 6 heteroatoms. The molecule has 0 spiro atoms. The number of para-hydroxylation sites is 4. The summed E-state index contributed by atoms with van der Waals surface area (Å²) >= 11 is 0. The van der Waals surface area contributed by atoms with E-state index in [1.165, 1.54) is 5.69 Å². The van der Waals surface area contributed by atoms with Gasteiger partial charge in [-0.2, -0.15) is 0 Å². The second-order valence-corrected chi connectivity index (χ2v) is 7.08. The molecule has 0 radical (unpaired) electrons. The first kappa shape index (κ1) is 15.9. The molecule has 2 N–H and O–H groups in total. The van der Waals surface area contributed by atoms with Crippen LogP contribution < -0.4 is 25.0 Å². The minimum Gasteiger partial charge on any atom is -0.354 e. The molecule has 3 aromatic rings. The van der Waals surface area contributed by atoms with Crippen molar-refractivity contribution in [2.75, 3.05) is 20.4 Å². The van der Waals surface area contributed by atoms with Gasteiger partial charge in [0.2, 0.25) is 5.82 Å². The van der Waals surface area contributed by atoms with Crippen molar-refractivity contribution in [1.82, 2.24) is 4.98 Å². The maximum absolute atomic E-state index is 4.72. The van der Waals surface area contributed by atoms with E-state index < -0.39 is 0 Å². The predicted molar refractivity (Wildman–Crippen MR) is 109 cm³/mol. The normalized spacial score (nSPS) is 20.1. The average Bonchev–Trinajstić information content (AvgIpc) is 3.17. The van der Waals surface area contributed by atoms with Gasteiger partial charge in [-0.25, -0.2) is 9.47 Å². The minimum absolute atomic E-state index is 0.137. The molecule has 136 valence electrons. The molecule has 0 bridgehead atoms. The van der Waals surface area contributed by atoms with E-state index in [0.717, 1.165) is 28.8 Å². The lowest BCUT2D eigenvalue weighted by atomic mass is 10.2. The van der Waals surface area contributed by atoms with Crippen LogP contribution in [-0.2, 0) is 7.05 Å². The molecule has 2 aliphatic heterocycles. The zero-order valence-electron chi connectivity index (χ0n) is 15.7. The van der Waals surface area contributed by atoms with Crippen molar-refractivity contribution in [2.24, 2.45) is 7.05 Å². The van der Waals surface area contributed by atoms with Crippen LogP contribution in [-0.4, -0.2) is 17.3 Å². The third-order valence-corrected chi connectivity index (χ3v) is 5.35. The zero-order valence-corrected chi connectivity index (χ0v) is 15.7. The molecule has 1 aromatic heterocycles. The Morgan fingerprint density at radius 2 is 1.37 bits per heavy atom. The summed E-state index contributed by atoms with van der Waals surface area (Å²) in [5.74, 6) is 2.01. The first-order valence-corrected chi connectivity index (χ1v) is 9.30. The van der Waals surface area contributed by atoms with Gasteiger partial charge in [0.15, 0.2) is 0 Å². The monoisotopic (exact) mass is 359 g/mol. The number of rotatable bonds is 2. The molecule has 0 amide bonds. The van der Waals surface area contributed by atoms with Crippen molar-refractivity contribution >= 4 is 34.5 Å². The van der Waals surface area contributed by atoms with Gasteiger partial charge in [0.25, 0.3) is 0 Å². The fourth-order valence-corrected chi connectivity index (χ4v) is 4.15. The highest BCUT2D eigenvalue weighted by Gasteiger charge is 2.37. The highest BCUT2D eigenvalue weighted by atomic mass is 15.4. The third kappa shape index (κ3) is 2.33. The SMILES string of the molecule is CC1Nc2ccccc2N1c1nccc(N2c3ccccc3N[C@H]2C)[n+]1C. The molecule has 0 aliphatic carbocycles.